The Bertz CT molecular complexity index is 1300. The van der Waals surface area contributed by atoms with Crippen LogP contribution in [0.5, 0.6) is 5.75 Å². The third-order valence-corrected chi connectivity index (χ3v) is 6.57. The maximum Gasteiger partial charge on any atom is 0.339 e. The first-order valence-electron chi connectivity index (χ1n) is 10.5. The molecule has 10 nitrogen and oxygen atoms in total. The Hall–Kier alpha value is -3.70. The highest BCUT2D eigenvalue weighted by atomic mass is 32.2. The van der Waals surface area contributed by atoms with Gasteiger partial charge in [-0.15, -0.1) is 0 Å². The molecule has 0 spiro atoms. The lowest BCUT2D eigenvalue weighted by Crippen LogP contribution is -2.27. The maximum absolute atomic E-state index is 13.0. The molecule has 0 saturated heterocycles. The van der Waals surface area contributed by atoms with E-state index in [0.717, 1.165) is 12.8 Å². The summed E-state index contributed by atoms with van der Waals surface area (Å²) in [4.78, 5) is 25.8. The normalized spacial score (nSPS) is 14.3. The van der Waals surface area contributed by atoms with Gasteiger partial charge < -0.3 is 19.3 Å². The Morgan fingerprint density at radius 2 is 1.85 bits per heavy atom. The van der Waals surface area contributed by atoms with Crippen LogP contribution in [-0.4, -0.2) is 38.6 Å². The number of carbonyl (C=O) groups excluding carboxylic acids is 2. The summed E-state index contributed by atoms with van der Waals surface area (Å²) in [5, 5.41) is 6.27. The van der Waals surface area contributed by atoms with Crippen LogP contribution in [0.4, 0.5) is 5.82 Å². The van der Waals surface area contributed by atoms with E-state index in [1.807, 2.05) is 0 Å². The summed E-state index contributed by atoms with van der Waals surface area (Å²) in [6.45, 7) is 1.67. The first kappa shape index (κ1) is 23.5. The third kappa shape index (κ3) is 5.43. The van der Waals surface area contributed by atoms with Crippen LogP contribution in [0.25, 0.3) is 0 Å². The molecule has 1 aliphatic carbocycles. The molecule has 1 saturated carbocycles. The fraction of sp³-hybridized carbons (Fsp3) is 0.261. The number of anilines is 1. The fourth-order valence-corrected chi connectivity index (χ4v) is 4.69. The van der Waals surface area contributed by atoms with Gasteiger partial charge in [0.1, 0.15) is 16.4 Å². The molecule has 2 aromatic carbocycles. The number of benzene rings is 2. The number of hydrogen-bond donors (Lipinski definition) is 2. The fourth-order valence-electron chi connectivity index (χ4n) is 3.19. The van der Waals surface area contributed by atoms with Crippen LogP contribution in [0, 0.1) is 6.92 Å². The molecule has 178 valence electrons. The van der Waals surface area contributed by atoms with Gasteiger partial charge in [-0.2, -0.15) is 0 Å². The van der Waals surface area contributed by atoms with Gasteiger partial charge in [-0.05, 0) is 38.0 Å². The van der Waals surface area contributed by atoms with Crippen molar-refractivity contribution in [3.05, 3.63) is 71.5 Å². The largest absolute Gasteiger partial charge is 0.495 e. The van der Waals surface area contributed by atoms with Gasteiger partial charge in [0.05, 0.1) is 12.7 Å². The maximum atomic E-state index is 13.0. The molecule has 0 radical (unpaired) electrons. The minimum atomic E-state index is -3.91. The molecular formula is C23H23N3O7S. The SMILES string of the molecule is COc1ccc(C(=O)O[C@@H](C(=O)Nc2cc(C)on2)c2ccccc2)cc1S(=O)(=O)NC1CC1. The minimum Gasteiger partial charge on any atom is -0.495 e. The highest BCUT2D eigenvalue weighted by molar-refractivity contribution is 7.89. The summed E-state index contributed by atoms with van der Waals surface area (Å²) in [5.41, 5.74) is 0.369. The van der Waals surface area contributed by atoms with Crippen LogP contribution in [0.3, 0.4) is 0 Å². The van der Waals surface area contributed by atoms with Crippen LogP contribution in [0.15, 0.2) is 64.0 Å². The van der Waals surface area contributed by atoms with Crippen LogP contribution in [0.2, 0.25) is 0 Å². The standard InChI is InChI=1S/C23H23N3O7S/c1-14-12-20(25-33-14)24-22(27)21(15-6-4-3-5-7-15)32-23(28)16-8-11-18(31-2)19(13-16)34(29,30)26-17-9-10-17/h3-8,11-13,17,21,26H,9-10H2,1-2H3,(H,24,25,27)/t21-/m1/s1. The Kier molecular flexibility index (Phi) is 6.66. The van der Waals surface area contributed by atoms with Crippen molar-refractivity contribution in [3.8, 4) is 5.75 Å². The van der Waals surface area contributed by atoms with Crippen molar-refractivity contribution in [3.63, 3.8) is 0 Å². The Morgan fingerprint density at radius 1 is 1.12 bits per heavy atom. The van der Waals surface area contributed by atoms with E-state index in [4.69, 9.17) is 14.0 Å². The Labute approximate surface area is 196 Å². The number of esters is 1. The first-order chi connectivity index (χ1) is 16.3. The molecule has 1 fully saturated rings. The smallest absolute Gasteiger partial charge is 0.339 e. The molecule has 2 N–H and O–H groups in total. The van der Waals surface area contributed by atoms with Gasteiger partial charge in [0.25, 0.3) is 5.91 Å². The van der Waals surface area contributed by atoms with Crippen molar-refractivity contribution in [2.45, 2.75) is 36.8 Å². The molecule has 1 amide bonds. The average Bonchev–Trinajstić information content (AvgIpc) is 3.54. The van der Waals surface area contributed by atoms with E-state index in [2.05, 4.69) is 15.2 Å². The molecule has 4 rings (SSSR count). The number of aromatic nitrogens is 1. The number of ether oxygens (including phenoxy) is 2. The quantitative estimate of drug-likeness (QED) is 0.442. The predicted octanol–water partition coefficient (Wildman–Crippen LogP) is 2.97. The van der Waals surface area contributed by atoms with Crippen molar-refractivity contribution in [1.82, 2.24) is 9.88 Å². The number of amides is 1. The van der Waals surface area contributed by atoms with Gasteiger partial charge in [0.2, 0.25) is 16.1 Å². The summed E-state index contributed by atoms with van der Waals surface area (Å²) < 4.78 is 43.8. The second-order valence-electron chi connectivity index (χ2n) is 7.77. The van der Waals surface area contributed by atoms with Gasteiger partial charge in [0.15, 0.2) is 5.82 Å². The van der Waals surface area contributed by atoms with Crippen LogP contribution in [0.1, 0.15) is 40.6 Å². The average molecular weight is 486 g/mol. The monoisotopic (exact) mass is 485 g/mol. The zero-order chi connectivity index (χ0) is 24.3. The summed E-state index contributed by atoms with van der Waals surface area (Å²) in [6, 6.07) is 13.7. The molecule has 0 unspecified atom stereocenters. The molecule has 3 aromatic rings. The third-order valence-electron chi connectivity index (χ3n) is 5.03. The minimum absolute atomic E-state index is 0.0528. The van der Waals surface area contributed by atoms with Gasteiger partial charge in [-0.1, -0.05) is 35.5 Å². The number of hydrogen-bond acceptors (Lipinski definition) is 8. The van der Waals surface area contributed by atoms with E-state index in [-0.39, 0.29) is 28.1 Å². The van der Waals surface area contributed by atoms with Crippen LogP contribution in [-0.2, 0) is 19.6 Å². The van der Waals surface area contributed by atoms with Gasteiger partial charge in [-0.3, -0.25) is 4.79 Å². The predicted molar refractivity (Wildman–Crippen MR) is 121 cm³/mol. The number of carbonyl (C=O) groups is 2. The van der Waals surface area contributed by atoms with E-state index >= 15 is 0 Å². The molecular weight excluding hydrogens is 462 g/mol. The van der Waals surface area contributed by atoms with Crippen LogP contribution >= 0.6 is 0 Å². The van der Waals surface area contributed by atoms with E-state index in [1.54, 1.807) is 37.3 Å². The molecule has 0 aliphatic heterocycles. The van der Waals surface area contributed by atoms with E-state index in [9.17, 15) is 18.0 Å². The van der Waals surface area contributed by atoms with Crippen molar-refractivity contribution in [1.29, 1.82) is 0 Å². The van der Waals surface area contributed by atoms with Gasteiger partial charge in [-0.25, -0.2) is 17.9 Å². The van der Waals surface area contributed by atoms with Crippen LogP contribution < -0.4 is 14.8 Å². The number of rotatable bonds is 9. The van der Waals surface area contributed by atoms with Crippen molar-refractivity contribution in [2.24, 2.45) is 0 Å². The van der Waals surface area contributed by atoms with E-state index < -0.39 is 28.0 Å². The Morgan fingerprint density at radius 3 is 2.47 bits per heavy atom. The summed E-state index contributed by atoms with van der Waals surface area (Å²) >= 11 is 0. The highest BCUT2D eigenvalue weighted by Gasteiger charge is 2.31. The molecule has 1 heterocycles. The second kappa shape index (κ2) is 9.65. The van der Waals surface area contributed by atoms with E-state index in [1.165, 1.54) is 31.4 Å². The first-order valence-corrected chi connectivity index (χ1v) is 12.0. The topological polar surface area (TPSA) is 137 Å². The van der Waals surface area contributed by atoms with Crippen molar-refractivity contribution in [2.75, 3.05) is 12.4 Å². The zero-order valence-electron chi connectivity index (χ0n) is 18.5. The van der Waals surface area contributed by atoms with Crippen molar-refractivity contribution >= 4 is 27.7 Å². The number of aryl methyl sites for hydroxylation is 1. The number of nitrogens with one attached hydrogen (secondary N) is 2. The number of methoxy groups -OCH3 is 1. The molecule has 1 atom stereocenters. The van der Waals surface area contributed by atoms with E-state index in [0.29, 0.717) is 11.3 Å². The summed E-state index contributed by atoms with van der Waals surface area (Å²) in [6.07, 6.45) is 0.183. The summed E-state index contributed by atoms with van der Waals surface area (Å²) in [5.74, 6) is -0.780. The molecule has 11 heteroatoms. The molecule has 0 bridgehead atoms. The highest BCUT2D eigenvalue weighted by Crippen LogP contribution is 2.29. The zero-order valence-corrected chi connectivity index (χ0v) is 19.3. The molecule has 1 aliphatic rings. The Balaban J connectivity index is 1.61. The number of nitrogens with zero attached hydrogens (tertiary/aromatic N) is 1. The number of sulfonamides is 1. The second-order valence-corrected chi connectivity index (χ2v) is 9.45. The van der Waals surface area contributed by atoms with Crippen molar-refractivity contribution < 1.29 is 32.0 Å². The lowest BCUT2D eigenvalue weighted by molar-refractivity contribution is -0.125. The van der Waals surface area contributed by atoms with Gasteiger partial charge in [0, 0.05) is 17.7 Å². The van der Waals surface area contributed by atoms with Gasteiger partial charge >= 0.3 is 5.97 Å². The lowest BCUT2D eigenvalue weighted by Gasteiger charge is -2.18. The molecule has 34 heavy (non-hydrogen) atoms. The summed E-state index contributed by atoms with van der Waals surface area (Å²) in [7, 11) is -2.57. The lowest BCUT2D eigenvalue weighted by atomic mass is 10.1. The molecule has 1 aromatic heterocycles.